The summed E-state index contributed by atoms with van der Waals surface area (Å²) in [5.74, 6) is -0.0188. The van der Waals surface area contributed by atoms with Crippen LogP contribution in [0.15, 0.2) is 54.6 Å². The van der Waals surface area contributed by atoms with Gasteiger partial charge in [-0.25, -0.2) is 0 Å². The first-order valence-electron chi connectivity index (χ1n) is 8.49. The molecule has 1 fully saturated rings. The van der Waals surface area contributed by atoms with E-state index in [0.717, 1.165) is 37.4 Å². The summed E-state index contributed by atoms with van der Waals surface area (Å²) < 4.78 is 5.36. The number of rotatable bonds is 5. The molecule has 3 rings (SSSR count). The minimum Gasteiger partial charge on any atom is -0.379 e. The Morgan fingerprint density at radius 3 is 2.33 bits per heavy atom. The van der Waals surface area contributed by atoms with Crippen molar-refractivity contribution in [1.82, 2.24) is 10.2 Å². The van der Waals surface area contributed by atoms with Gasteiger partial charge in [0.25, 0.3) is 5.91 Å². The minimum absolute atomic E-state index is 0.0188. The van der Waals surface area contributed by atoms with Gasteiger partial charge in [0.05, 0.1) is 13.2 Å². The summed E-state index contributed by atoms with van der Waals surface area (Å²) in [4.78, 5) is 14.7. The molecular weight excluding hydrogens is 300 g/mol. The van der Waals surface area contributed by atoms with Gasteiger partial charge in [-0.05, 0) is 30.2 Å². The highest BCUT2D eigenvalue weighted by Crippen LogP contribution is 2.19. The Kier molecular flexibility index (Phi) is 5.62. The van der Waals surface area contributed by atoms with E-state index in [1.807, 2.05) is 42.5 Å². The zero-order chi connectivity index (χ0) is 16.8. The number of hydrogen-bond donors (Lipinski definition) is 1. The molecule has 0 aliphatic carbocycles. The van der Waals surface area contributed by atoms with Crippen LogP contribution in [-0.4, -0.2) is 49.7 Å². The minimum atomic E-state index is -0.0188. The molecule has 0 spiro atoms. The molecule has 126 valence electrons. The number of hydrogen-bond acceptors (Lipinski definition) is 3. The number of carbonyl (C=O) groups excluding carboxylic acids is 1. The van der Waals surface area contributed by atoms with E-state index in [9.17, 15) is 4.79 Å². The predicted molar refractivity (Wildman–Crippen MR) is 96.1 cm³/mol. The van der Waals surface area contributed by atoms with Crippen molar-refractivity contribution in [3.05, 3.63) is 60.2 Å². The molecular formula is C20H24N2O2. The van der Waals surface area contributed by atoms with Crippen molar-refractivity contribution >= 4 is 5.91 Å². The lowest BCUT2D eigenvalue weighted by atomic mass is 10.0. The highest BCUT2D eigenvalue weighted by Gasteiger charge is 2.17. The Labute approximate surface area is 143 Å². The molecule has 0 aromatic heterocycles. The molecule has 1 aliphatic heterocycles. The summed E-state index contributed by atoms with van der Waals surface area (Å²) in [5.41, 5.74) is 2.98. The third kappa shape index (κ3) is 4.22. The molecule has 2 aromatic carbocycles. The number of nitrogens with zero attached hydrogens (tertiary/aromatic N) is 1. The second-order valence-corrected chi connectivity index (χ2v) is 6.15. The smallest absolute Gasteiger partial charge is 0.251 e. The molecule has 4 heteroatoms. The van der Waals surface area contributed by atoms with Gasteiger partial charge in [-0.15, -0.1) is 0 Å². The first-order valence-corrected chi connectivity index (χ1v) is 8.49. The quantitative estimate of drug-likeness (QED) is 0.919. The maximum atomic E-state index is 12.3. The Bertz CT molecular complexity index is 649. The number of nitrogens with one attached hydrogen (secondary N) is 1. The van der Waals surface area contributed by atoms with Crippen LogP contribution in [0.2, 0.25) is 0 Å². The fourth-order valence-corrected chi connectivity index (χ4v) is 2.93. The second-order valence-electron chi connectivity index (χ2n) is 6.15. The highest BCUT2D eigenvalue weighted by atomic mass is 16.5. The Hall–Kier alpha value is -2.17. The predicted octanol–water partition coefficient (Wildman–Crippen LogP) is 2.80. The van der Waals surface area contributed by atoms with E-state index in [2.05, 4.69) is 29.3 Å². The number of amides is 1. The van der Waals surface area contributed by atoms with Crippen molar-refractivity contribution in [3.8, 4) is 11.1 Å². The lowest BCUT2D eigenvalue weighted by Crippen LogP contribution is -2.47. The van der Waals surface area contributed by atoms with Gasteiger partial charge in [0.2, 0.25) is 0 Å². The summed E-state index contributed by atoms with van der Waals surface area (Å²) in [7, 11) is 0. The highest BCUT2D eigenvalue weighted by molar-refractivity contribution is 5.94. The van der Waals surface area contributed by atoms with Crippen LogP contribution in [0.5, 0.6) is 0 Å². The van der Waals surface area contributed by atoms with Gasteiger partial charge in [-0.1, -0.05) is 42.5 Å². The van der Waals surface area contributed by atoms with Crippen LogP contribution >= 0.6 is 0 Å². The van der Waals surface area contributed by atoms with E-state index in [4.69, 9.17) is 4.74 Å². The third-order valence-electron chi connectivity index (χ3n) is 4.48. The third-order valence-corrected chi connectivity index (χ3v) is 4.48. The Balaban J connectivity index is 1.55. The molecule has 1 unspecified atom stereocenters. The van der Waals surface area contributed by atoms with Crippen molar-refractivity contribution in [2.75, 3.05) is 32.8 Å². The summed E-state index contributed by atoms with van der Waals surface area (Å²) in [6.07, 6.45) is 0. The SMILES string of the molecule is CC(CNC(=O)c1ccc(-c2ccccc2)cc1)N1CCOCC1. The van der Waals surface area contributed by atoms with E-state index in [-0.39, 0.29) is 5.91 Å². The van der Waals surface area contributed by atoms with Crippen LogP contribution in [-0.2, 0) is 4.74 Å². The van der Waals surface area contributed by atoms with E-state index < -0.39 is 0 Å². The summed E-state index contributed by atoms with van der Waals surface area (Å²) in [5, 5.41) is 3.03. The monoisotopic (exact) mass is 324 g/mol. The van der Waals surface area contributed by atoms with Crippen molar-refractivity contribution in [1.29, 1.82) is 0 Å². The zero-order valence-electron chi connectivity index (χ0n) is 14.1. The van der Waals surface area contributed by atoms with Gasteiger partial charge in [-0.2, -0.15) is 0 Å². The summed E-state index contributed by atoms with van der Waals surface area (Å²) in [6, 6.07) is 18.3. The molecule has 0 bridgehead atoms. The normalized spacial score (nSPS) is 16.5. The van der Waals surface area contributed by atoms with Gasteiger partial charge in [0, 0.05) is 31.2 Å². The van der Waals surface area contributed by atoms with Crippen LogP contribution in [0.1, 0.15) is 17.3 Å². The van der Waals surface area contributed by atoms with Gasteiger partial charge >= 0.3 is 0 Å². The number of carbonyl (C=O) groups is 1. The Morgan fingerprint density at radius 1 is 1.04 bits per heavy atom. The van der Waals surface area contributed by atoms with Crippen molar-refractivity contribution in [2.24, 2.45) is 0 Å². The van der Waals surface area contributed by atoms with Crippen LogP contribution in [0.4, 0.5) is 0 Å². The van der Waals surface area contributed by atoms with Gasteiger partial charge in [0.1, 0.15) is 0 Å². The topological polar surface area (TPSA) is 41.6 Å². The van der Waals surface area contributed by atoms with Crippen molar-refractivity contribution in [3.63, 3.8) is 0 Å². The molecule has 2 aromatic rings. The van der Waals surface area contributed by atoms with Gasteiger partial charge in [-0.3, -0.25) is 9.69 Å². The van der Waals surface area contributed by atoms with Crippen LogP contribution in [0, 0.1) is 0 Å². The molecule has 0 saturated carbocycles. The van der Waals surface area contributed by atoms with Gasteiger partial charge < -0.3 is 10.1 Å². The fourth-order valence-electron chi connectivity index (χ4n) is 2.93. The average molecular weight is 324 g/mol. The molecule has 1 heterocycles. The summed E-state index contributed by atoms with van der Waals surface area (Å²) >= 11 is 0. The Morgan fingerprint density at radius 2 is 1.67 bits per heavy atom. The molecule has 24 heavy (non-hydrogen) atoms. The summed E-state index contributed by atoms with van der Waals surface area (Å²) in [6.45, 7) is 6.22. The molecule has 1 atom stereocenters. The van der Waals surface area contributed by atoms with Crippen LogP contribution < -0.4 is 5.32 Å². The number of benzene rings is 2. The van der Waals surface area contributed by atoms with E-state index in [1.165, 1.54) is 0 Å². The van der Waals surface area contributed by atoms with E-state index in [0.29, 0.717) is 18.2 Å². The van der Waals surface area contributed by atoms with Crippen molar-refractivity contribution in [2.45, 2.75) is 13.0 Å². The number of ether oxygens (including phenoxy) is 1. The maximum absolute atomic E-state index is 12.3. The number of morpholine rings is 1. The van der Waals surface area contributed by atoms with E-state index in [1.54, 1.807) is 0 Å². The molecule has 0 radical (unpaired) electrons. The van der Waals surface area contributed by atoms with E-state index >= 15 is 0 Å². The van der Waals surface area contributed by atoms with Gasteiger partial charge in [0.15, 0.2) is 0 Å². The first-order chi connectivity index (χ1) is 11.7. The zero-order valence-corrected chi connectivity index (χ0v) is 14.1. The molecule has 4 nitrogen and oxygen atoms in total. The standard InChI is InChI=1S/C20H24N2O2/c1-16(22-11-13-24-14-12-22)15-21-20(23)19-9-7-18(8-10-19)17-5-3-2-4-6-17/h2-10,16H,11-15H2,1H3,(H,21,23). The second kappa shape index (κ2) is 8.08. The maximum Gasteiger partial charge on any atom is 0.251 e. The lowest BCUT2D eigenvalue weighted by molar-refractivity contribution is 0.0204. The first kappa shape index (κ1) is 16.7. The van der Waals surface area contributed by atoms with Crippen molar-refractivity contribution < 1.29 is 9.53 Å². The molecule has 1 saturated heterocycles. The fraction of sp³-hybridized carbons (Fsp3) is 0.350. The molecule has 1 N–H and O–H groups in total. The molecule has 1 amide bonds. The average Bonchev–Trinajstić information content (AvgIpc) is 2.67. The van der Waals surface area contributed by atoms with Crippen LogP contribution in [0.25, 0.3) is 11.1 Å². The molecule has 1 aliphatic rings. The largest absolute Gasteiger partial charge is 0.379 e. The lowest BCUT2D eigenvalue weighted by Gasteiger charge is -2.32. The van der Waals surface area contributed by atoms with Crippen LogP contribution in [0.3, 0.4) is 0 Å².